The first-order chi connectivity index (χ1) is 8.60. The van der Waals surface area contributed by atoms with Crippen molar-refractivity contribution in [2.24, 2.45) is 5.84 Å². The summed E-state index contributed by atoms with van der Waals surface area (Å²) in [5, 5.41) is 0. The van der Waals surface area contributed by atoms with Crippen LogP contribution in [0.2, 0.25) is 0 Å². The van der Waals surface area contributed by atoms with Gasteiger partial charge in [0.2, 0.25) is 11.8 Å². The minimum atomic E-state index is -0.644. The summed E-state index contributed by atoms with van der Waals surface area (Å²) in [4.78, 5) is 7.45. The number of nitrogens with zero attached hydrogens (tertiary/aromatic N) is 2. The lowest BCUT2D eigenvalue weighted by Gasteiger charge is -2.09. The third kappa shape index (κ3) is 2.54. The molecule has 2 rings (SSSR count). The highest BCUT2D eigenvalue weighted by atomic mass is 19.1. The van der Waals surface area contributed by atoms with Crippen LogP contribution in [0, 0.1) is 19.7 Å². The van der Waals surface area contributed by atoms with Crippen LogP contribution >= 0.6 is 0 Å². The minimum absolute atomic E-state index is 0.0942. The number of hydrogen-bond donors (Lipinski definition) is 2. The van der Waals surface area contributed by atoms with Gasteiger partial charge >= 0.3 is 0 Å². The number of hydrazine groups is 1. The highest BCUT2D eigenvalue weighted by molar-refractivity contribution is 5.39. The fourth-order valence-corrected chi connectivity index (χ4v) is 1.41. The number of rotatable bonds is 3. The van der Waals surface area contributed by atoms with Crippen LogP contribution in [-0.4, -0.2) is 9.97 Å². The van der Waals surface area contributed by atoms with E-state index in [2.05, 4.69) is 15.4 Å². The molecular weight excluding hydrogens is 235 g/mol. The van der Waals surface area contributed by atoms with E-state index < -0.39 is 5.82 Å². The molecule has 0 radical (unpaired) electrons. The Morgan fingerprint density at radius 2 is 2.11 bits per heavy atom. The maximum absolute atomic E-state index is 13.5. The molecular formula is C12H13FN4O. The molecule has 3 N–H and O–H groups in total. The summed E-state index contributed by atoms with van der Waals surface area (Å²) < 4.78 is 18.9. The molecule has 0 aliphatic heterocycles. The number of hydrogen-bond acceptors (Lipinski definition) is 5. The molecule has 1 heterocycles. The molecule has 1 aromatic heterocycles. The Bertz CT molecular complexity index is 574. The smallest absolute Gasteiger partial charge is 0.260 e. The van der Waals surface area contributed by atoms with Crippen LogP contribution in [0.15, 0.2) is 24.4 Å². The molecule has 0 atom stereocenters. The quantitative estimate of drug-likeness (QED) is 0.644. The predicted octanol–water partition coefficient (Wildman–Crippen LogP) is 2.31. The van der Waals surface area contributed by atoms with Crippen molar-refractivity contribution in [3.8, 4) is 11.6 Å². The maximum Gasteiger partial charge on any atom is 0.260 e. The molecule has 0 unspecified atom stereocenters. The molecule has 0 spiro atoms. The third-order valence-electron chi connectivity index (χ3n) is 2.39. The number of nitrogens with two attached hydrogens (primary N) is 1. The Balaban J connectivity index is 2.36. The molecule has 18 heavy (non-hydrogen) atoms. The lowest BCUT2D eigenvalue weighted by Crippen LogP contribution is -2.11. The van der Waals surface area contributed by atoms with E-state index >= 15 is 0 Å². The van der Waals surface area contributed by atoms with Crippen molar-refractivity contribution in [2.75, 3.05) is 5.43 Å². The SMILES string of the molecule is Cc1ccc(C)c(Oc2nc(NN)ncc2F)c1. The zero-order valence-electron chi connectivity index (χ0n) is 10.1. The topological polar surface area (TPSA) is 73.1 Å². The van der Waals surface area contributed by atoms with Gasteiger partial charge in [-0.05, 0) is 31.0 Å². The van der Waals surface area contributed by atoms with Crippen LogP contribution in [0.5, 0.6) is 11.6 Å². The molecule has 5 nitrogen and oxygen atoms in total. The summed E-state index contributed by atoms with van der Waals surface area (Å²) in [6.07, 6.45) is 1.00. The van der Waals surface area contributed by atoms with Gasteiger partial charge in [-0.1, -0.05) is 12.1 Å². The fourth-order valence-electron chi connectivity index (χ4n) is 1.41. The van der Waals surface area contributed by atoms with Crippen molar-refractivity contribution in [1.82, 2.24) is 9.97 Å². The van der Waals surface area contributed by atoms with Crippen molar-refractivity contribution in [1.29, 1.82) is 0 Å². The van der Waals surface area contributed by atoms with E-state index in [1.165, 1.54) is 0 Å². The highest BCUT2D eigenvalue weighted by Gasteiger charge is 2.10. The number of halogens is 1. The van der Waals surface area contributed by atoms with Crippen LogP contribution in [0.1, 0.15) is 11.1 Å². The summed E-state index contributed by atoms with van der Waals surface area (Å²) >= 11 is 0. The summed E-state index contributed by atoms with van der Waals surface area (Å²) in [7, 11) is 0. The largest absolute Gasteiger partial charge is 0.436 e. The Morgan fingerprint density at radius 1 is 1.33 bits per heavy atom. The van der Waals surface area contributed by atoms with E-state index in [0.717, 1.165) is 17.3 Å². The van der Waals surface area contributed by atoms with E-state index in [-0.39, 0.29) is 11.8 Å². The number of benzene rings is 1. The van der Waals surface area contributed by atoms with Gasteiger partial charge in [0, 0.05) is 0 Å². The highest BCUT2D eigenvalue weighted by Crippen LogP contribution is 2.26. The van der Waals surface area contributed by atoms with Gasteiger partial charge in [0.25, 0.3) is 5.88 Å². The van der Waals surface area contributed by atoms with Crippen molar-refractivity contribution in [2.45, 2.75) is 13.8 Å². The van der Waals surface area contributed by atoms with Crippen LogP contribution in [0.25, 0.3) is 0 Å². The molecule has 0 aliphatic rings. The van der Waals surface area contributed by atoms with Gasteiger partial charge in [0.15, 0.2) is 0 Å². The third-order valence-corrected chi connectivity index (χ3v) is 2.39. The minimum Gasteiger partial charge on any atom is -0.436 e. The molecule has 0 saturated carbocycles. The van der Waals surface area contributed by atoms with E-state index in [4.69, 9.17) is 10.6 Å². The van der Waals surface area contributed by atoms with Gasteiger partial charge in [-0.25, -0.2) is 10.8 Å². The van der Waals surface area contributed by atoms with Crippen LogP contribution < -0.4 is 16.0 Å². The summed E-state index contributed by atoms with van der Waals surface area (Å²) in [6.45, 7) is 3.80. The molecule has 94 valence electrons. The number of anilines is 1. The predicted molar refractivity (Wildman–Crippen MR) is 65.8 cm³/mol. The van der Waals surface area contributed by atoms with Gasteiger partial charge in [-0.3, -0.25) is 5.43 Å². The van der Waals surface area contributed by atoms with E-state index in [1.807, 2.05) is 32.0 Å². The molecule has 0 fully saturated rings. The van der Waals surface area contributed by atoms with Gasteiger partial charge < -0.3 is 4.74 Å². The molecule has 2 aromatic rings. The second-order valence-corrected chi connectivity index (χ2v) is 3.86. The van der Waals surface area contributed by atoms with Crippen molar-refractivity contribution >= 4 is 5.95 Å². The number of aromatic nitrogens is 2. The maximum atomic E-state index is 13.5. The summed E-state index contributed by atoms with van der Waals surface area (Å²) in [6, 6.07) is 5.66. The second kappa shape index (κ2) is 4.97. The Hall–Kier alpha value is -2.21. The van der Waals surface area contributed by atoms with E-state index in [0.29, 0.717) is 5.75 Å². The molecule has 1 aromatic carbocycles. The van der Waals surface area contributed by atoms with Crippen LogP contribution in [0.3, 0.4) is 0 Å². The van der Waals surface area contributed by atoms with Gasteiger partial charge in [-0.2, -0.15) is 9.37 Å². The zero-order valence-corrected chi connectivity index (χ0v) is 10.1. The molecule has 0 saturated heterocycles. The Morgan fingerprint density at radius 3 is 2.83 bits per heavy atom. The Labute approximate surface area is 104 Å². The Kier molecular flexibility index (Phi) is 3.38. The van der Waals surface area contributed by atoms with E-state index in [1.54, 1.807) is 0 Å². The number of nitrogens with one attached hydrogen (secondary N) is 1. The van der Waals surface area contributed by atoms with Crippen LogP contribution in [-0.2, 0) is 0 Å². The first-order valence-electron chi connectivity index (χ1n) is 5.34. The second-order valence-electron chi connectivity index (χ2n) is 3.86. The average molecular weight is 248 g/mol. The number of ether oxygens (including phenoxy) is 1. The summed E-state index contributed by atoms with van der Waals surface area (Å²) in [5.74, 6) is 5.00. The zero-order chi connectivity index (χ0) is 13.1. The molecule has 6 heteroatoms. The van der Waals surface area contributed by atoms with Crippen molar-refractivity contribution < 1.29 is 9.13 Å². The van der Waals surface area contributed by atoms with Crippen LogP contribution in [0.4, 0.5) is 10.3 Å². The fraction of sp³-hybridized carbons (Fsp3) is 0.167. The summed E-state index contributed by atoms with van der Waals surface area (Å²) in [5.41, 5.74) is 4.14. The molecule has 0 amide bonds. The van der Waals surface area contributed by atoms with Crippen molar-refractivity contribution in [3.05, 3.63) is 41.3 Å². The molecule has 0 aliphatic carbocycles. The molecule has 0 bridgehead atoms. The number of aryl methyl sites for hydroxylation is 2. The van der Waals surface area contributed by atoms with E-state index in [9.17, 15) is 4.39 Å². The van der Waals surface area contributed by atoms with Gasteiger partial charge in [-0.15, -0.1) is 0 Å². The normalized spacial score (nSPS) is 10.2. The first kappa shape index (κ1) is 12.3. The first-order valence-corrected chi connectivity index (χ1v) is 5.34. The lowest BCUT2D eigenvalue weighted by atomic mass is 10.1. The lowest BCUT2D eigenvalue weighted by molar-refractivity contribution is 0.418. The van der Waals surface area contributed by atoms with Gasteiger partial charge in [0.1, 0.15) is 5.75 Å². The van der Waals surface area contributed by atoms with Crippen molar-refractivity contribution in [3.63, 3.8) is 0 Å². The monoisotopic (exact) mass is 248 g/mol. The van der Waals surface area contributed by atoms with Gasteiger partial charge in [0.05, 0.1) is 6.20 Å². The number of nitrogen functional groups attached to an aromatic ring is 1. The average Bonchev–Trinajstić information content (AvgIpc) is 2.36. The standard InChI is InChI=1S/C12H13FN4O/c1-7-3-4-8(2)10(5-7)18-11-9(13)6-15-12(16-11)17-14/h3-6H,14H2,1-2H3,(H,15,16,17).